The van der Waals surface area contributed by atoms with Crippen LogP contribution in [0.2, 0.25) is 10.0 Å². The molecule has 3 aromatic rings. The summed E-state index contributed by atoms with van der Waals surface area (Å²) in [5, 5.41) is 3.74. The summed E-state index contributed by atoms with van der Waals surface area (Å²) in [7, 11) is 3.16. The lowest BCUT2D eigenvalue weighted by atomic mass is 10.1. The van der Waals surface area contributed by atoms with E-state index in [2.05, 4.69) is 10.3 Å². The Morgan fingerprint density at radius 1 is 1.22 bits per heavy atom. The highest BCUT2D eigenvalue weighted by molar-refractivity contribution is 6.35. The van der Waals surface area contributed by atoms with Crippen LogP contribution in [0.3, 0.4) is 0 Å². The maximum absolute atomic E-state index is 12.6. The Bertz CT molecular complexity index is 1150. The predicted molar refractivity (Wildman–Crippen MR) is 103 cm³/mol. The summed E-state index contributed by atoms with van der Waals surface area (Å²) in [5.41, 5.74) is 0.233. The Kier molecular flexibility index (Phi) is 5.38. The lowest BCUT2D eigenvalue weighted by Gasteiger charge is -2.10. The van der Waals surface area contributed by atoms with Crippen LogP contribution in [0.15, 0.2) is 34.1 Å². The Morgan fingerprint density at radius 2 is 1.96 bits per heavy atom. The molecular weight excluding hydrogens is 393 g/mol. The first-order chi connectivity index (χ1) is 12.8. The van der Waals surface area contributed by atoms with Gasteiger partial charge in [-0.05, 0) is 24.1 Å². The van der Waals surface area contributed by atoms with Crippen LogP contribution in [-0.2, 0) is 31.9 Å². The van der Waals surface area contributed by atoms with Crippen molar-refractivity contribution in [3.8, 4) is 0 Å². The number of hydrogen-bond donors (Lipinski definition) is 1. The summed E-state index contributed by atoms with van der Waals surface area (Å²) in [6.07, 6.45) is 1.95. The second-order valence-corrected chi connectivity index (χ2v) is 6.94. The molecule has 142 valence electrons. The van der Waals surface area contributed by atoms with Crippen molar-refractivity contribution in [3.05, 3.63) is 61.0 Å². The lowest BCUT2D eigenvalue weighted by molar-refractivity contribution is -0.121. The summed E-state index contributed by atoms with van der Waals surface area (Å²) in [6.45, 7) is -0.0653. The van der Waals surface area contributed by atoms with Crippen molar-refractivity contribution >= 4 is 40.3 Å². The molecule has 0 unspecified atom stereocenters. The first kappa shape index (κ1) is 19.2. The van der Waals surface area contributed by atoms with Gasteiger partial charge in [0.1, 0.15) is 6.54 Å². The van der Waals surface area contributed by atoms with Gasteiger partial charge in [-0.3, -0.25) is 14.2 Å². The highest BCUT2D eigenvalue weighted by Gasteiger charge is 2.16. The van der Waals surface area contributed by atoms with Gasteiger partial charge >= 0.3 is 5.69 Å². The van der Waals surface area contributed by atoms with Crippen LogP contribution >= 0.6 is 23.2 Å². The Morgan fingerprint density at radius 3 is 2.67 bits per heavy atom. The van der Waals surface area contributed by atoms with Crippen LogP contribution in [0.1, 0.15) is 5.56 Å². The number of aromatic nitrogens is 4. The van der Waals surface area contributed by atoms with Gasteiger partial charge in [0, 0.05) is 30.7 Å². The number of benzene rings is 1. The first-order valence-electron chi connectivity index (χ1n) is 8.11. The van der Waals surface area contributed by atoms with Crippen LogP contribution in [-0.4, -0.2) is 31.1 Å². The van der Waals surface area contributed by atoms with Crippen molar-refractivity contribution < 1.29 is 4.79 Å². The van der Waals surface area contributed by atoms with Crippen LogP contribution < -0.4 is 16.6 Å². The van der Waals surface area contributed by atoms with Gasteiger partial charge in [0.2, 0.25) is 5.91 Å². The van der Waals surface area contributed by atoms with Gasteiger partial charge in [-0.15, -0.1) is 0 Å². The molecule has 0 saturated carbocycles. The molecule has 2 heterocycles. The van der Waals surface area contributed by atoms with Gasteiger partial charge < -0.3 is 9.88 Å². The molecule has 2 aromatic heterocycles. The molecule has 8 nitrogen and oxygen atoms in total. The van der Waals surface area contributed by atoms with E-state index >= 15 is 0 Å². The Labute approximate surface area is 163 Å². The highest BCUT2D eigenvalue weighted by Crippen LogP contribution is 2.21. The summed E-state index contributed by atoms with van der Waals surface area (Å²) < 4.78 is 3.67. The fourth-order valence-corrected chi connectivity index (χ4v) is 3.30. The van der Waals surface area contributed by atoms with Gasteiger partial charge in [0.15, 0.2) is 11.2 Å². The zero-order chi connectivity index (χ0) is 19.7. The van der Waals surface area contributed by atoms with Crippen molar-refractivity contribution in [3.63, 3.8) is 0 Å². The van der Waals surface area contributed by atoms with Gasteiger partial charge in [-0.2, -0.15) is 0 Å². The van der Waals surface area contributed by atoms with Crippen LogP contribution in [0, 0.1) is 0 Å². The van der Waals surface area contributed by atoms with E-state index in [1.165, 1.54) is 22.5 Å². The summed E-state index contributed by atoms with van der Waals surface area (Å²) in [6, 6.07) is 5.14. The highest BCUT2D eigenvalue weighted by atomic mass is 35.5. The van der Waals surface area contributed by atoms with Crippen LogP contribution in [0.4, 0.5) is 0 Å². The predicted octanol–water partition coefficient (Wildman–Crippen LogP) is 1.10. The van der Waals surface area contributed by atoms with Crippen molar-refractivity contribution in [1.29, 1.82) is 0 Å². The van der Waals surface area contributed by atoms with E-state index in [4.69, 9.17) is 23.2 Å². The number of nitrogens with one attached hydrogen (secondary N) is 1. The zero-order valence-electron chi connectivity index (χ0n) is 14.7. The smallest absolute Gasteiger partial charge is 0.332 e. The molecule has 3 rings (SSSR count). The SMILES string of the molecule is Cn1cnc2c1c(=O)n(CC(=O)NCCc1ccc(Cl)cc1Cl)c(=O)n2C. The average Bonchev–Trinajstić information content (AvgIpc) is 3.00. The lowest BCUT2D eigenvalue weighted by Crippen LogP contribution is -2.43. The van der Waals surface area contributed by atoms with Crippen molar-refractivity contribution in [2.45, 2.75) is 13.0 Å². The monoisotopic (exact) mass is 409 g/mol. The minimum atomic E-state index is -0.595. The molecule has 27 heavy (non-hydrogen) atoms. The second-order valence-electron chi connectivity index (χ2n) is 6.10. The molecule has 0 aliphatic heterocycles. The average molecular weight is 410 g/mol. The molecule has 0 atom stereocenters. The number of rotatable bonds is 5. The molecule has 0 fully saturated rings. The first-order valence-corrected chi connectivity index (χ1v) is 8.86. The quantitative estimate of drug-likeness (QED) is 0.682. The third-order valence-corrected chi connectivity index (χ3v) is 4.82. The summed E-state index contributed by atoms with van der Waals surface area (Å²) in [4.78, 5) is 41.2. The molecule has 10 heteroatoms. The van der Waals surface area contributed by atoms with Crippen LogP contribution in [0.5, 0.6) is 0 Å². The molecule has 1 N–H and O–H groups in total. The molecular formula is C17H17Cl2N5O3. The number of fused-ring (bicyclic) bond motifs is 1. The number of halogens is 2. The van der Waals surface area contributed by atoms with E-state index in [1.54, 1.807) is 25.2 Å². The second kappa shape index (κ2) is 7.58. The third kappa shape index (κ3) is 3.77. The number of carbonyl (C=O) groups is 1. The summed E-state index contributed by atoms with van der Waals surface area (Å²) >= 11 is 12.0. The van der Waals surface area contributed by atoms with Crippen molar-refractivity contribution in [2.24, 2.45) is 14.1 Å². The number of hydrogen-bond acceptors (Lipinski definition) is 4. The van der Waals surface area contributed by atoms with Gasteiger partial charge in [-0.1, -0.05) is 29.3 Å². The van der Waals surface area contributed by atoms with E-state index in [-0.39, 0.29) is 17.7 Å². The van der Waals surface area contributed by atoms with Crippen LogP contribution in [0.25, 0.3) is 11.2 Å². The number of amides is 1. The molecule has 0 bridgehead atoms. The minimum Gasteiger partial charge on any atom is -0.354 e. The fourth-order valence-electron chi connectivity index (χ4n) is 2.80. The maximum atomic E-state index is 12.6. The van der Waals surface area contributed by atoms with E-state index in [1.807, 2.05) is 0 Å². The maximum Gasteiger partial charge on any atom is 0.332 e. The van der Waals surface area contributed by atoms with Crippen molar-refractivity contribution in [1.82, 2.24) is 24.0 Å². The minimum absolute atomic E-state index is 0.262. The van der Waals surface area contributed by atoms with Gasteiger partial charge in [0.05, 0.1) is 6.33 Å². The van der Waals surface area contributed by atoms with E-state index in [0.717, 1.165) is 10.1 Å². The Balaban J connectivity index is 1.74. The van der Waals surface area contributed by atoms with Gasteiger partial charge in [-0.25, -0.2) is 14.3 Å². The molecule has 0 spiro atoms. The van der Waals surface area contributed by atoms with E-state index < -0.39 is 17.2 Å². The topological polar surface area (TPSA) is 90.9 Å². The van der Waals surface area contributed by atoms with E-state index in [0.29, 0.717) is 23.0 Å². The zero-order valence-corrected chi connectivity index (χ0v) is 16.2. The molecule has 0 aliphatic rings. The molecule has 0 radical (unpaired) electrons. The normalized spacial score (nSPS) is 11.1. The fraction of sp³-hybridized carbons (Fsp3) is 0.294. The molecule has 1 amide bonds. The standard InChI is InChI=1S/C17H17Cl2N5O3/c1-22-9-21-15-14(22)16(26)24(17(27)23(15)2)8-13(25)20-6-5-10-3-4-11(18)7-12(10)19/h3-4,7,9H,5-6,8H2,1-2H3,(H,20,25). The number of imidazole rings is 1. The summed E-state index contributed by atoms with van der Waals surface area (Å²) in [5.74, 6) is -0.444. The van der Waals surface area contributed by atoms with Gasteiger partial charge in [0.25, 0.3) is 5.56 Å². The van der Waals surface area contributed by atoms with E-state index in [9.17, 15) is 14.4 Å². The molecule has 1 aromatic carbocycles. The third-order valence-electron chi connectivity index (χ3n) is 4.23. The Hall–Kier alpha value is -2.58. The number of carbonyl (C=O) groups excluding carboxylic acids is 1. The van der Waals surface area contributed by atoms with Crippen molar-refractivity contribution in [2.75, 3.05) is 6.54 Å². The largest absolute Gasteiger partial charge is 0.354 e. The molecule has 0 aliphatic carbocycles. The molecule has 0 saturated heterocycles. The number of nitrogens with zero attached hydrogens (tertiary/aromatic N) is 4. The number of aryl methyl sites for hydroxylation is 2.